The molecule has 0 fully saturated rings. The maximum atomic E-state index is 13.7. The topological polar surface area (TPSA) is 99.5 Å². The number of rotatable bonds is 9. The average molecular weight is 542 g/mol. The summed E-state index contributed by atoms with van der Waals surface area (Å²) >= 11 is 0. The number of carbonyl (C=O) groups is 1. The molecule has 0 saturated heterocycles. The number of ether oxygens (including phenoxy) is 2. The first-order chi connectivity index (χ1) is 18.8. The number of benzene rings is 3. The Morgan fingerprint density at radius 2 is 1.56 bits per heavy atom. The second-order valence-corrected chi connectivity index (χ2v) is 10.6. The van der Waals surface area contributed by atoms with E-state index in [0.717, 1.165) is 0 Å². The molecule has 0 aliphatic heterocycles. The summed E-state index contributed by atoms with van der Waals surface area (Å²) in [6.45, 7) is 2.13. The average Bonchev–Trinajstić information content (AvgIpc) is 3.24. The molecule has 2 heterocycles. The number of fused-ring (bicyclic) bond motifs is 1. The fourth-order valence-electron chi connectivity index (χ4n) is 4.53. The fraction of sp³-hybridized carbons (Fsp3) is 0.133. The summed E-state index contributed by atoms with van der Waals surface area (Å²) in [6, 6.07) is 25.9. The van der Waals surface area contributed by atoms with E-state index in [-0.39, 0.29) is 17.2 Å². The summed E-state index contributed by atoms with van der Waals surface area (Å²) < 4.78 is 41.4. The number of sulfonamides is 1. The molecule has 0 spiro atoms. The number of anilines is 1. The minimum Gasteiger partial charge on any atom is -0.497 e. The minimum absolute atomic E-state index is 0.149. The van der Waals surface area contributed by atoms with Crippen molar-refractivity contribution in [2.45, 2.75) is 18.4 Å². The maximum absolute atomic E-state index is 13.7. The van der Waals surface area contributed by atoms with Crippen LogP contribution in [-0.4, -0.2) is 38.0 Å². The van der Waals surface area contributed by atoms with Gasteiger partial charge in [-0.1, -0.05) is 36.4 Å². The predicted molar refractivity (Wildman–Crippen MR) is 150 cm³/mol. The number of nitrogens with zero attached hydrogens (tertiary/aromatic N) is 2. The second kappa shape index (κ2) is 10.6. The number of pyridine rings is 1. The van der Waals surface area contributed by atoms with Crippen LogP contribution in [-0.2, 0) is 16.6 Å². The first kappa shape index (κ1) is 26.0. The Bertz CT molecular complexity index is 1760. The Morgan fingerprint density at radius 1 is 0.872 bits per heavy atom. The van der Waals surface area contributed by atoms with Gasteiger partial charge in [-0.2, -0.15) is 4.98 Å². The van der Waals surface area contributed by atoms with Crippen molar-refractivity contribution in [1.82, 2.24) is 9.55 Å². The molecule has 198 valence electrons. The van der Waals surface area contributed by atoms with Crippen LogP contribution in [0.4, 0.5) is 5.69 Å². The van der Waals surface area contributed by atoms with E-state index >= 15 is 0 Å². The van der Waals surface area contributed by atoms with Gasteiger partial charge in [0, 0.05) is 22.7 Å². The monoisotopic (exact) mass is 541 g/mol. The van der Waals surface area contributed by atoms with Crippen LogP contribution < -0.4 is 14.2 Å². The predicted octanol–water partition coefficient (Wildman–Crippen LogP) is 5.44. The van der Waals surface area contributed by atoms with Gasteiger partial charge in [0.15, 0.2) is 5.78 Å². The molecule has 0 aliphatic rings. The summed E-state index contributed by atoms with van der Waals surface area (Å²) in [5.41, 5.74) is 3.45. The Morgan fingerprint density at radius 3 is 2.26 bits per heavy atom. The molecule has 8 nitrogen and oxygen atoms in total. The highest BCUT2D eigenvalue weighted by Gasteiger charge is 2.24. The number of nitrogens with one attached hydrogen (secondary N) is 1. The third-order valence-corrected chi connectivity index (χ3v) is 7.95. The van der Waals surface area contributed by atoms with Crippen molar-refractivity contribution in [3.63, 3.8) is 0 Å². The molecule has 0 aliphatic carbocycles. The number of aromatic nitrogens is 2. The van der Waals surface area contributed by atoms with Crippen LogP contribution in [0.25, 0.3) is 11.0 Å². The molecule has 5 aromatic rings. The molecule has 0 saturated carbocycles. The van der Waals surface area contributed by atoms with E-state index < -0.39 is 10.0 Å². The van der Waals surface area contributed by atoms with Crippen molar-refractivity contribution in [3.8, 4) is 11.6 Å². The lowest BCUT2D eigenvalue weighted by Gasteiger charge is -2.15. The van der Waals surface area contributed by atoms with Crippen LogP contribution in [0.2, 0.25) is 0 Å². The lowest BCUT2D eigenvalue weighted by atomic mass is 10.0. The van der Waals surface area contributed by atoms with Crippen molar-refractivity contribution < 1.29 is 22.7 Å². The number of para-hydroxylation sites is 1. The Balaban J connectivity index is 1.59. The summed E-state index contributed by atoms with van der Waals surface area (Å²) in [7, 11) is -0.693. The van der Waals surface area contributed by atoms with Crippen LogP contribution in [0.1, 0.15) is 27.2 Å². The molecule has 0 amide bonds. The van der Waals surface area contributed by atoms with Crippen LogP contribution in [0, 0.1) is 6.92 Å². The Hall–Kier alpha value is -4.63. The molecule has 2 aromatic heterocycles. The van der Waals surface area contributed by atoms with E-state index in [1.807, 2.05) is 29.7 Å². The van der Waals surface area contributed by atoms with Crippen LogP contribution in [0.3, 0.4) is 0 Å². The van der Waals surface area contributed by atoms with Gasteiger partial charge in [-0.15, -0.1) is 0 Å². The first-order valence-electron chi connectivity index (χ1n) is 12.2. The Labute approximate surface area is 226 Å². The van der Waals surface area contributed by atoms with Crippen LogP contribution in [0.5, 0.6) is 11.6 Å². The molecule has 9 heteroatoms. The van der Waals surface area contributed by atoms with E-state index in [0.29, 0.717) is 50.7 Å². The number of carbonyl (C=O) groups excluding carboxylic acids is 1. The zero-order valence-electron chi connectivity index (χ0n) is 21.7. The van der Waals surface area contributed by atoms with Gasteiger partial charge in [-0.25, -0.2) is 8.42 Å². The zero-order valence-corrected chi connectivity index (χ0v) is 22.5. The van der Waals surface area contributed by atoms with Crippen molar-refractivity contribution in [2.24, 2.45) is 0 Å². The van der Waals surface area contributed by atoms with Gasteiger partial charge >= 0.3 is 0 Å². The molecule has 0 radical (unpaired) electrons. The van der Waals surface area contributed by atoms with Crippen molar-refractivity contribution in [3.05, 3.63) is 113 Å². The molecule has 1 N–H and O–H groups in total. The van der Waals surface area contributed by atoms with Gasteiger partial charge in [0.25, 0.3) is 10.0 Å². The first-order valence-corrected chi connectivity index (χ1v) is 13.7. The molecule has 3 aromatic carbocycles. The quantitative estimate of drug-likeness (QED) is 0.250. The summed E-state index contributed by atoms with van der Waals surface area (Å²) in [6.07, 6.45) is 0. The highest BCUT2D eigenvalue weighted by atomic mass is 32.2. The molecule has 0 unspecified atom stereocenters. The number of hydrogen-bond acceptors (Lipinski definition) is 6. The van der Waals surface area contributed by atoms with E-state index in [1.54, 1.807) is 79.9 Å². The third-order valence-electron chi connectivity index (χ3n) is 6.57. The van der Waals surface area contributed by atoms with Gasteiger partial charge in [-0.05, 0) is 61.0 Å². The van der Waals surface area contributed by atoms with Crippen molar-refractivity contribution in [2.75, 3.05) is 18.9 Å². The second-order valence-electron chi connectivity index (χ2n) is 8.90. The highest BCUT2D eigenvalue weighted by Crippen LogP contribution is 2.31. The van der Waals surface area contributed by atoms with Crippen LogP contribution in [0.15, 0.2) is 95.9 Å². The van der Waals surface area contributed by atoms with Crippen molar-refractivity contribution in [1.29, 1.82) is 0 Å². The number of methoxy groups -OCH3 is 2. The fourth-order valence-corrected chi connectivity index (χ4v) is 5.65. The molecule has 5 rings (SSSR count). The van der Waals surface area contributed by atoms with Gasteiger partial charge in [0.1, 0.15) is 11.4 Å². The van der Waals surface area contributed by atoms with E-state index in [4.69, 9.17) is 9.47 Å². The van der Waals surface area contributed by atoms with E-state index in [2.05, 4.69) is 9.71 Å². The molecule has 0 atom stereocenters. The normalized spacial score (nSPS) is 11.4. The maximum Gasteiger partial charge on any atom is 0.261 e. The largest absolute Gasteiger partial charge is 0.497 e. The van der Waals surface area contributed by atoms with Crippen LogP contribution >= 0.6 is 0 Å². The van der Waals surface area contributed by atoms with E-state index in [1.165, 1.54) is 7.11 Å². The molecule has 0 bridgehead atoms. The lowest BCUT2D eigenvalue weighted by molar-refractivity contribution is 0.103. The van der Waals surface area contributed by atoms with Gasteiger partial charge in [0.05, 0.1) is 36.9 Å². The number of ketones is 1. The number of hydrogen-bond donors (Lipinski definition) is 1. The standard InChI is InChI=1S/C30H27N3O5S/c1-20-28(29(34)21-13-15-23(37-2)16-14-21)25-17-18-27(38-3)31-30(25)33(20)19-22-9-7-8-12-26(22)32-39(35,36)24-10-5-4-6-11-24/h4-18,32H,19H2,1-3H3. The minimum atomic E-state index is -3.80. The van der Waals surface area contributed by atoms with Gasteiger partial charge in [-0.3, -0.25) is 9.52 Å². The summed E-state index contributed by atoms with van der Waals surface area (Å²) in [5, 5.41) is 0.677. The lowest BCUT2D eigenvalue weighted by Crippen LogP contribution is -2.15. The third kappa shape index (κ3) is 5.08. The van der Waals surface area contributed by atoms with Crippen molar-refractivity contribution >= 4 is 32.5 Å². The van der Waals surface area contributed by atoms with E-state index in [9.17, 15) is 13.2 Å². The zero-order chi connectivity index (χ0) is 27.6. The smallest absolute Gasteiger partial charge is 0.261 e. The Kier molecular flexibility index (Phi) is 7.08. The molecule has 39 heavy (non-hydrogen) atoms. The molecular weight excluding hydrogens is 514 g/mol. The summed E-state index contributed by atoms with van der Waals surface area (Å²) in [4.78, 5) is 18.5. The summed E-state index contributed by atoms with van der Waals surface area (Å²) in [5.74, 6) is 0.915. The van der Waals surface area contributed by atoms with Gasteiger partial charge in [0.2, 0.25) is 5.88 Å². The highest BCUT2D eigenvalue weighted by molar-refractivity contribution is 7.92. The van der Waals surface area contributed by atoms with Gasteiger partial charge < -0.3 is 14.0 Å². The SMILES string of the molecule is COc1ccc(C(=O)c2c(C)n(Cc3ccccc3NS(=O)(=O)c3ccccc3)c3nc(OC)ccc23)cc1. The molecular formula is C30H27N3O5S.